The van der Waals surface area contributed by atoms with Crippen molar-refractivity contribution >= 4 is 61.8 Å². The van der Waals surface area contributed by atoms with E-state index in [-0.39, 0.29) is 11.7 Å². The summed E-state index contributed by atoms with van der Waals surface area (Å²) in [4.78, 5) is 28.4. The van der Waals surface area contributed by atoms with Crippen LogP contribution in [-0.4, -0.2) is 53.9 Å². The number of aromatic nitrogens is 3. The summed E-state index contributed by atoms with van der Waals surface area (Å²) in [5.74, 6) is 0.928. The van der Waals surface area contributed by atoms with Gasteiger partial charge in [-0.05, 0) is 18.9 Å². The Kier molecular flexibility index (Phi) is 7.54. The summed E-state index contributed by atoms with van der Waals surface area (Å²) in [6.07, 6.45) is 6.40. The van der Waals surface area contributed by atoms with E-state index in [0.717, 1.165) is 27.9 Å². The molecule has 1 fully saturated rings. The maximum atomic E-state index is 12.6. The number of thioether (sulfide) groups is 1. The van der Waals surface area contributed by atoms with Crippen molar-refractivity contribution in [2.75, 3.05) is 43.3 Å². The number of rotatable bonds is 7. The molecule has 0 saturated carbocycles. The van der Waals surface area contributed by atoms with E-state index >= 15 is 0 Å². The molecule has 1 aliphatic heterocycles. The first kappa shape index (κ1) is 22.9. The van der Waals surface area contributed by atoms with Gasteiger partial charge in [0.25, 0.3) is 0 Å². The summed E-state index contributed by atoms with van der Waals surface area (Å²) in [5, 5.41) is 4.97. The number of hydrogen-bond donors (Lipinski definition) is 1. The lowest BCUT2D eigenvalue weighted by molar-refractivity contribution is -0.113. The zero-order chi connectivity index (χ0) is 22.5. The lowest BCUT2D eigenvalue weighted by atomic mass is 10.2. The van der Waals surface area contributed by atoms with Crippen LogP contribution in [-0.2, 0) is 4.79 Å². The average molecular weight is 494 g/mol. The number of fused-ring (bicyclic) bond motifs is 1. The Hall–Kier alpha value is -2.30. The number of ether oxygens (including phenoxy) is 2. The SMILES string of the molecule is COc1cc(OC)c(NC(=O)CSc2ncnc3nc(N4CCCCCC4)sc23)cc1Cl. The predicted molar refractivity (Wildman–Crippen MR) is 130 cm³/mol. The van der Waals surface area contributed by atoms with Gasteiger partial charge in [-0.25, -0.2) is 9.97 Å². The molecule has 170 valence electrons. The molecule has 0 atom stereocenters. The number of amides is 1. The van der Waals surface area contributed by atoms with Gasteiger partial charge in [-0.15, -0.1) is 0 Å². The van der Waals surface area contributed by atoms with E-state index in [2.05, 4.69) is 20.2 Å². The highest BCUT2D eigenvalue weighted by atomic mass is 35.5. The second kappa shape index (κ2) is 10.5. The Bertz CT molecular complexity index is 1100. The molecule has 0 bridgehead atoms. The van der Waals surface area contributed by atoms with Crippen molar-refractivity contribution < 1.29 is 14.3 Å². The van der Waals surface area contributed by atoms with Crippen molar-refractivity contribution in [3.8, 4) is 11.5 Å². The van der Waals surface area contributed by atoms with Gasteiger partial charge in [0.1, 0.15) is 27.6 Å². The second-order valence-corrected chi connectivity index (χ2v) is 9.60. The van der Waals surface area contributed by atoms with E-state index in [1.54, 1.807) is 23.5 Å². The zero-order valence-electron chi connectivity index (χ0n) is 17.9. The fourth-order valence-corrected chi connectivity index (χ4v) is 5.68. The first-order chi connectivity index (χ1) is 15.6. The van der Waals surface area contributed by atoms with Crippen LogP contribution in [0.3, 0.4) is 0 Å². The Morgan fingerprint density at radius 1 is 1.16 bits per heavy atom. The maximum absolute atomic E-state index is 12.6. The van der Waals surface area contributed by atoms with Crippen LogP contribution in [0.5, 0.6) is 11.5 Å². The molecule has 0 radical (unpaired) electrons. The van der Waals surface area contributed by atoms with Gasteiger partial charge in [0.15, 0.2) is 10.8 Å². The fourth-order valence-electron chi connectivity index (χ4n) is 3.50. The van der Waals surface area contributed by atoms with Gasteiger partial charge < -0.3 is 19.7 Å². The Labute approximate surface area is 199 Å². The molecule has 32 heavy (non-hydrogen) atoms. The van der Waals surface area contributed by atoms with Crippen LogP contribution in [0, 0.1) is 0 Å². The molecule has 1 aliphatic rings. The van der Waals surface area contributed by atoms with Crippen molar-refractivity contribution in [1.29, 1.82) is 0 Å². The normalized spacial score (nSPS) is 14.3. The summed E-state index contributed by atoms with van der Waals surface area (Å²) in [5.41, 5.74) is 1.16. The Morgan fingerprint density at radius 2 is 1.91 bits per heavy atom. The van der Waals surface area contributed by atoms with Gasteiger partial charge in [-0.2, -0.15) is 4.98 Å². The average Bonchev–Trinajstić information content (AvgIpc) is 3.05. The summed E-state index contributed by atoms with van der Waals surface area (Å²) >= 11 is 9.14. The molecule has 4 rings (SSSR count). The smallest absolute Gasteiger partial charge is 0.234 e. The van der Waals surface area contributed by atoms with Gasteiger partial charge in [-0.1, -0.05) is 47.5 Å². The molecular formula is C21H24ClN5O3S2. The lowest BCUT2D eigenvalue weighted by Crippen LogP contribution is -2.23. The van der Waals surface area contributed by atoms with E-state index in [1.165, 1.54) is 58.0 Å². The number of benzene rings is 1. The number of nitrogens with zero attached hydrogens (tertiary/aromatic N) is 4. The Morgan fingerprint density at radius 3 is 2.62 bits per heavy atom. The van der Waals surface area contributed by atoms with Crippen LogP contribution in [0.4, 0.5) is 10.8 Å². The predicted octanol–water partition coefficient (Wildman–Crippen LogP) is 4.87. The summed E-state index contributed by atoms with van der Waals surface area (Å²) in [6.45, 7) is 2.04. The highest BCUT2D eigenvalue weighted by Gasteiger charge is 2.18. The third-order valence-corrected chi connectivity index (χ3v) is 7.64. The standard InChI is InChI=1S/C21H24ClN5O3S2/c1-29-15-10-16(30-2)14(9-13(15)22)25-17(28)11-31-20-18-19(23-12-24-20)26-21(32-18)27-7-5-3-4-6-8-27/h9-10,12H,3-8,11H2,1-2H3,(H,25,28). The van der Waals surface area contributed by atoms with Crippen molar-refractivity contribution in [3.05, 3.63) is 23.5 Å². The van der Waals surface area contributed by atoms with Gasteiger partial charge in [0.05, 0.1) is 30.7 Å². The van der Waals surface area contributed by atoms with Gasteiger partial charge >= 0.3 is 0 Å². The molecule has 8 nitrogen and oxygen atoms in total. The van der Waals surface area contributed by atoms with Crippen LogP contribution in [0.1, 0.15) is 25.7 Å². The largest absolute Gasteiger partial charge is 0.495 e. The molecule has 1 saturated heterocycles. The van der Waals surface area contributed by atoms with Gasteiger partial charge in [-0.3, -0.25) is 4.79 Å². The van der Waals surface area contributed by atoms with Crippen molar-refractivity contribution in [1.82, 2.24) is 15.0 Å². The third-order valence-electron chi connectivity index (χ3n) is 5.11. The van der Waals surface area contributed by atoms with Crippen molar-refractivity contribution in [2.24, 2.45) is 0 Å². The molecule has 1 N–H and O–H groups in total. The van der Waals surface area contributed by atoms with Crippen LogP contribution in [0.15, 0.2) is 23.5 Å². The van der Waals surface area contributed by atoms with E-state index in [0.29, 0.717) is 27.9 Å². The number of halogens is 1. The maximum Gasteiger partial charge on any atom is 0.234 e. The van der Waals surface area contributed by atoms with E-state index in [1.807, 2.05) is 0 Å². The van der Waals surface area contributed by atoms with E-state index in [4.69, 9.17) is 26.1 Å². The van der Waals surface area contributed by atoms with Crippen LogP contribution in [0.25, 0.3) is 10.3 Å². The zero-order valence-corrected chi connectivity index (χ0v) is 20.3. The molecular weight excluding hydrogens is 470 g/mol. The third kappa shape index (κ3) is 5.19. The first-order valence-electron chi connectivity index (χ1n) is 10.3. The summed E-state index contributed by atoms with van der Waals surface area (Å²) in [7, 11) is 3.05. The summed E-state index contributed by atoms with van der Waals surface area (Å²) < 4.78 is 11.4. The molecule has 0 aliphatic carbocycles. The van der Waals surface area contributed by atoms with Crippen LogP contribution < -0.4 is 19.7 Å². The number of carbonyl (C=O) groups is 1. The van der Waals surface area contributed by atoms with Crippen LogP contribution in [0.2, 0.25) is 5.02 Å². The van der Waals surface area contributed by atoms with Crippen molar-refractivity contribution in [2.45, 2.75) is 30.7 Å². The van der Waals surface area contributed by atoms with E-state index < -0.39 is 0 Å². The number of carbonyl (C=O) groups excluding carboxylic acids is 1. The lowest BCUT2D eigenvalue weighted by Gasteiger charge is -2.18. The highest BCUT2D eigenvalue weighted by Crippen LogP contribution is 2.37. The highest BCUT2D eigenvalue weighted by molar-refractivity contribution is 8.00. The molecule has 1 amide bonds. The van der Waals surface area contributed by atoms with E-state index in [9.17, 15) is 4.79 Å². The van der Waals surface area contributed by atoms with Gasteiger partial charge in [0, 0.05) is 19.2 Å². The molecule has 3 heterocycles. The second-order valence-electron chi connectivity index (χ2n) is 7.25. The summed E-state index contributed by atoms with van der Waals surface area (Å²) in [6, 6.07) is 3.25. The quantitative estimate of drug-likeness (QED) is 0.368. The van der Waals surface area contributed by atoms with Crippen molar-refractivity contribution in [3.63, 3.8) is 0 Å². The van der Waals surface area contributed by atoms with Crippen LogP contribution >= 0.6 is 34.7 Å². The number of methoxy groups -OCH3 is 2. The number of thiazole rings is 1. The minimum Gasteiger partial charge on any atom is -0.495 e. The van der Waals surface area contributed by atoms with Gasteiger partial charge in [0.2, 0.25) is 5.91 Å². The monoisotopic (exact) mass is 493 g/mol. The number of anilines is 2. The number of hydrogen-bond acceptors (Lipinski definition) is 9. The molecule has 2 aromatic heterocycles. The molecule has 1 aromatic carbocycles. The fraction of sp³-hybridized carbons (Fsp3) is 0.429. The molecule has 11 heteroatoms. The Balaban J connectivity index is 1.46. The molecule has 0 spiro atoms. The minimum absolute atomic E-state index is 0.176. The molecule has 3 aromatic rings. The topological polar surface area (TPSA) is 89.5 Å². The first-order valence-corrected chi connectivity index (χ1v) is 12.5. The number of nitrogens with one attached hydrogen (secondary N) is 1. The molecule has 0 unspecified atom stereocenters. The minimum atomic E-state index is -0.196.